The van der Waals surface area contributed by atoms with E-state index in [1.165, 1.54) is 0 Å². The standard InChI is InChI=1S/C16H22N2O3/c1-11-6-7-14(12(2)9-11)17(3)16(21)18-8-4-5-13(10-18)15(19)20/h6-7,9,13H,4-5,8,10H2,1-3H3,(H,19,20)/t13-/m0/s1. The van der Waals surface area contributed by atoms with Gasteiger partial charge in [0.05, 0.1) is 5.92 Å². The number of likely N-dealkylation sites (tertiary alicyclic amines) is 1. The summed E-state index contributed by atoms with van der Waals surface area (Å²) in [4.78, 5) is 26.9. The Morgan fingerprint density at radius 2 is 2.05 bits per heavy atom. The van der Waals surface area contributed by atoms with Gasteiger partial charge in [0.25, 0.3) is 0 Å². The lowest BCUT2D eigenvalue weighted by Crippen LogP contribution is -2.47. The zero-order valence-electron chi connectivity index (χ0n) is 12.8. The number of nitrogens with zero attached hydrogens (tertiary/aromatic N) is 2. The van der Waals surface area contributed by atoms with E-state index in [-0.39, 0.29) is 6.03 Å². The van der Waals surface area contributed by atoms with Crippen LogP contribution >= 0.6 is 0 Å². The van der Waals surface area contributed by atoms with Gasteiger partial charge in [0.1, 0.15) is 0 Å². The van der Waals surface area contributed by atoms with Crippen LogP contribution < -0.4 is 4.90 Å². The molecule has 21 heavy (non-hydrogen) atoms. The molecule has 1 atom stereocenters. The molecule has 0 saturated carbocycles. The quantitative estimate of drug-likeness (QED) is 0.911. The molecule has 0 aliphatic carbocycles. The third-order valence-electron chi connectivity index (χ3n) is 4.04. The number of hydrogen-bond donors (Lipinski definition) is 1. The largest absolute Gasteiger partial charge is 0.481 e. The molecule has 5 heteroatoms. The Morgan fingerprint density at radius 3 is 2.67 bits per heavy atom. The number of piperidine rings is 1. The van der Waals surface area contributed by atoms with Gasteiger partial charge < -0.3 is 10.0 Å². The Bertz CT molecular complexity index is 556. The summed E-state index contributed by atoms with van der Waals surface area (Å²) in [6.07, 6.45) is 1.38. The number of aliphatic carboxylic acids is 1. The van der Waals surface area contributed by atoms with Crippen LogP contribution in [-0.4, -0.2) is 42.1 Å². The van der Waals surface area contributed by atoms with Crippen molar-refractivity contribution in [1.82, 2.24) is 4.90 Å². The lowest BCUT2D eigenvalue weighted by molar-refractivity contribution is -0.143. The fraction of sp³-hybridized carbons (Fsp3) is 0.500. The minimum atomic E-state index is -0.818. The van der Waals surface area contributed by atoms with Gasteiger partial charge in [-0.1, -0.05) is 17.7 Å². The number of benzene rings is 1. The molecule has 1 aromatic carbocycles. The van der Waals surface area contributed by atoms with Gasteiger partial charge in [0, 0.05) is 25.8 Å². The average Bonchev–Trinajstić information content (AvgIpc) is 2.46. The van der Waals surface area contributed by atoms with E-state index < -0.39 is 11.9 Å². The molecule has 0 spiro atoms. The SMILES string of the molecule is Cc1ccc(N(C)C(=O)N2CCC[C@H](C(=O)O)C2)c(C)c1. The van der Waals surface area contributed by atoms with Crippen molar-refractivity contribution < 1.29 is 14.7 Å². The van der Waals surface area contributed by atoms with Crippen molar-refractivity contribution >= 4 is 17.7 Å². The van der Waals surface area contributed by atoms with Crippen LogP contribution in [0, 0.1) is 19.8 Å². The van der Waals surface area contributed by atoms with Crippen LogP contribution in [0.15, 0.2) is 18.2 Å². The summed E-state index contributed by atoms with van der Waals surface area (Å²) in [7, 11) is 1.74. The Labute approximate surface area is 125 Å². The van der Waals surface area contributed by atoms with Gasteiger partial charge in [-0.2, -0.15) is 0 Å². The van der Waals surface area contributed by atoms with Crippen LogP contribution in [0.4, 0.5) is 10.5 Å². The van der Waals surface area contributed by atoms with Gasteiger partial charge in [-0.15, -0.1) is 0 Å². The van der Waals surface area contributed by atoms with Crippen molar-refractivity contribution in [2.24, 2.45) is 5.92 Å². The summed E-state index contributed by atoms with van der Waals surface area (Å²) in [6, 6.07) is 5.81. The van der Waals surface area contributed by atoms with E-state index in [0.717, 1.165) is 23.2 Å². The third kappa shape index (κ3) is 3.35. The molecule has 2 rings (SSSR count). The minimum Gasteiger partial charge on any atom is -0.481 e. The molecular weight excluding hydrogens is 268 g/mol. The minimum absolute atomic E-state index is 0.132. The van der Waals surface area contributed by atoms with Gasteiger partial charge in [-0.05, 0) is 38.3 Å². The monoisotopic (exact) mass is 290 g/mol. The fourth-order valence-corrected chi connectivity index (χ4v) is 2.85. The maximum Gasteiger partial charge on any atom is 0.324 e. The second-order valence-corrected chi connectivity index (χ2v) is 5.75. The van der Waals surface area contributed by atoms with Gasteiger partial charge in [0.2, 0.25) is 0 Å². The Kier molecular flexibility index (Phi) is 4.50. The highest BCUT2D eigenvalue weighted by molar-refractivity contribution is 5.92. The molecule has 1 aromatic rings. The number of carbonyl (C=O) groups is 2. The van der Waals surface area contributed by atoms with Crippen molar-refractivity contribution in [3.05, 3.63) is 29.3 Å². The number of anilines is 1. The summed E-state index contributed by atoms with van der Waals surface area (Å²) in [5.74, 6) is -1.27. The summed E-state index contributed by atoms with van der Waals surface area (Å²) in [5, 5.41) is 9.12. The van der Waals surface area contributed by atoms with E-state index >= 15 is 0 Å². The first-order valence-electron chi connectivity index (χ1n) is 7.23. The lowest BCUT2D eigenvalue weighted by atomic mass is 9.98. The predicted molar refractivity (Wildman–Crippen MR) is 81.6 cm³/mol. The first-order valence-corrected chi connectivity index (χ1v) is 7.23. The van der Waals surface area contributed by atoms with E-state index in [1.54, 1.807) is 16.8 Å². The Morgan fingerprint density at radius 1 is 1.33 bits per heavy atom. The normalized spacial score (nSPS) is 18.4. The third-order valence-corrected chi connectivity index (χ3v) is 4.04. The molecule has 1 saturated heterocycles. The van der Waals surface area contributed by atoms with E-state index in [1.807, 2.05) is 32.0 Å². The van der Waals surface area contributed by atoms with Crippen LogP contribution in [0.2, 0.25) is 0 Å². The number of aryl methyl sites for hydroxylation is 2. The van der Waals surface area contributed by atoms with Crippen LogP contribution in [0.3, 0.4) is 0 Å². The van der Waals surface area contributed by atoms with Crippen molar-refractivity contribution in [2.45, 2.75) is 26.7 Å². The molecule has 0 bridgehead atoms. The summed E-state index contributed by atoms with van der Waals surface area (Å²) in [5.41, 5.74) is 3.06. The second kappa shape index (κ2) is 6.16. The van der Waals surface area contributed by atoms with Crippen molar-refractivity contribution in [1.29, 1.82) is 0 Å². The van der Waals surface area contributed by atoms with Gasteiger partial charge in [0.15, 0.2) is 0 Å². The molecule has 1 fully saturated rings. The topological polar surface area (TPSA) is 60.9 Å². The molecule has 5 nitrogen and oxygen atoms in total. The van der Waals surface area contributed by atoms with Crippen LogP contribution in [0.25, 0.3) is 0 Å². The highest BCUT2D eigenvalue weighted by Crippen LogP contribution is 2.23. The predicted octanol–water partition coefficient (Wildman–Crippen LogP) is 2.66. The summed E-state index contributed by atoms with van der Waals surface area (Å²) < 4.78 is 0. The Hall–Kier alpha value is -2.04. The van der Waals surface area contributed by atoms with E-state index in [2.05, 4.69) is 0 Å². The first kappa shape index (κ1) is 15.4. The van der Waals surface area contributed by atoms with E-state index in [4.69, 9.17) is 5.11 Å². The molecule has 1 heterocycles. The molecule has 1 N–H and O–H groups in total. The van der Waals surface area contributed by atoms with Gasteiger partial charge in [-0.25, -0.2) is 4.79 Å². The average molecular weight is 290 g/mol. The number of carboxylic acids is 1. The molecule has 1 aliphatic heterocycles. The maximum atomic E-state index is 12.6. The fourth-order valence-electron chi connectivity index (χ4n) is 2.85. The maximum absolute atomic E-state index is 12.6. The number of amides is 2. The number of hydrogen-bond acceptors (Lipinski definition) is 2. The van der Waals surface area contributed by atoms with Crippen LogP contribution in [-0.2, 0) is 4.79 Å². The zero-order valence-corrected chi connectivity index (χ0v) is 12.8. The highest BCUT2D eigenvalue weighted by Gasteiger charge is 2.30. The molecule has 1 aliphatic rings. The zero-order chi connectivity index (χ0) is 15.6. The first-order chi connectivity index (χ1) is 9.90. The molecule has 0 unspecified atom stereocenters. The highest BCUT2D eigenvalue weighted by atomic mass is 16.4. The van der Waals surface area contributed by atoms with Crippen LogP contribution in [0.5, 0.6) is 0 Å². The number of rotatable bonds is 2. The van der Waals surface area contributed by atoms with Gasteiger partial charge >= 0.3 is 12.0 Å². The van der Waals surface area contributed by atoms with Crippen molar-refractivity contribution in [2.75, 3.05) is 25.0 Å². The number of carbonyl (C=O) groups excluding carboxylic acids is 1. The van der Waals surface area contributed by atoms with Crippen molar-refractivity contribution in [3.63, 3.8) is 0 Å². The molecule has 0 aromatic heterocycles. The second-order valence-electron chi connectivity index (χ2n) is 5.75. The van der Waals surface area contributed by atoms with E-state index in [9.17, 15) is 9.59 Å². The van der Waals surface area contributed by atoms with E-state index in [0.29, 0.717) is 19.5 Å². The smallest absolute Gasteiger partial charge is 0.324 e. The number of urea groups is 1. The summed E-state index contributed by atoms with van der Waals surface area (Å²) >= 11 is 0. The Balaban J connectivity index is 2.13. The summed E-state index contributed by atoms with van der Waals surface area (Å²) in [6.45, 7) is 4.91. The number of carboxylic acid groups (broad SMARTS) is 1. The van der Waals surface area contributed by atoms with Gasteiger partial charge in [-0.3, -0.25) is 9.69 Å². The van der Waals surface area contributed by atoms with Crippen LogP contribution in [0.1, 0.15) is 24.0 Å². The molecule has 114 valence electrons. The molecule has 0 radical (unpaired) electrons. The van der Waals surface area contributed by atoms with Crippen molar-refractivity contribution in [3.8, 4) is 0 Å². The molecule has 2 amide bonds. The molecular formula is C16H22N2O3. The lowest BCUT2D eigenvalue weighted by Gasteiger charge is -2.34.